The first-order valence-corrected chi connectivity index (χ1v) is 4.74. The minimum Gasteiger partial charge on any atom is -0.385 e. The minimum atomic E-state index is 0.276. The average Bonchev–Trinajstić information content (AvgIpc) is 2.08. The van der Waals surface area contributed by atoms with E-state index in [0.29, 0.717) is 0 Å². The molecule has 3 N–H and O–H groups in total. The van der Waals surface area contributed by atoms with Crippen molar-refractivity contribution >= 4 is 5.69 Å². The van der Waals surface area contributed by atoms with Crippen LogP contribution in [0.4, 0.5) is 5.69 Å². The molecule has 72 valence electrons. The molecule has 2 heteroatoms. The molecule has 0 bridgehead atoms. The molecule has 1 rings (SSSR count). The molecule has 0 radical (unpaired) electrons. The first kappa shape index (κ1) is 10.1. The Morgan fingerprint density at radius 2 is 1.92 bits per heavy atom. The summed E-state index contributed by atoms with van der Waals surface area (Å²) in [6.07, 6.45) is 1.01. The smallest absolute Gasteiger partial charge is 0.0340 e. The van der Waals surface area contributed by atoms with Gasteiger partial charge in [0.1, 0.15) is 0 Å². The van der Waals surface area contributed by atoms with Gasteiger partial charge >= 0.3 is 0 Å². The van der Waals surface area contributed by atoms with Crippen molar-refractivity contribution in [1.29, 1.82) is 0 Å². The maximum atomic E-state index is 5.64. The zero-order valence-corrected chi connectivity index (χ0v) is 8.38. The number of hydrogen-bond donors (Lipinski definition) is 2. The van der Waals surface area contributed by atoms with Crippen LogP contribution >= 0.6 is 0 Å². The third-order valence-corrected chi connectivity index (χ3v) is 1.98. The lowest BCUT2D eigenvalue weighted by Crippen LogP contribution is -2.19. The Labute approximate surface area is 80.1 Å². The van der Waals surface area contributed by atoms with Gasteiger partial charge < -0.3 is 11.1 Å². The van der Waals surface area contributed by atoms with E-state index in [1.807, 2.05) is 6.92 Å². The predicted octanol–water partition coefficient (Wildman–Crippen LogP) is 2.14. The Hall–Kier alpha value is -1.02. The fourth-order valence-electron chi connectivity index (χ4n) is 1.12. The molecule has 0 aliphatic rings. The summed E-state index contributed by atoms with van der Waals surface area (Å²) < 4.78 is 0. The molecule has 1 atom stereocenters. The Morgan fingerprint density at radius 1 is 1.31 bits per heavy atom. The predicted molar refractivity (Wildman–Crippen MR) is 57.9 cm³/mol. The topological polar surface area (TPSA) is 38.0 Å². The molecule has 0 aliphatic carbocycles. The van der Waals surface area contributed by atoms with Gasteiger partial charge in [-0.05, 0) is 32.4 Å². The number of rotatable bonds is 4. The largest absolute Gasteiger partial charge is 0.385 e. The summed E-state index contributed by atoms with van der Waals surface area (Å²) in [5.74, 6) is 0. The highest BCUT2D eigenvalue weighted by molar-refractivity contribution is 5.44. The molecule has 1 aromatic rings. The van der Waals surface area contributed by atoms with E-state index in [4.69, 9.17) is 5.73 Å². The van der Waals surface area contributed by atoms with Crippen molar-refractivity contribution in [2.24, 2.45) is 5.73 Å². The molecule has 0 amide bonds. The average molecular weight is 178 g/mol. The number of hydrogen-bond acceptors (Lipinski definition) is 2. The van der Waals surface area contributed by atoms with Gasteiger partial charge in [0.05, 0.1) is 0 Å². The van der Waals surface area contributed by atoms with Crippen molar-refractivity contribution in [3.8, 4) is 0 Å². The molecule has 0 aromatic heterocycles. The van der Waals surface area contributed by atoms with Gasteiger partial charge in [0.2, 0.25) is 0 Å². The van der Waals surface area contributed by atoms with Gasteiger partial charge in [-0.2, -0.15) is 0 Å². The van der Waals surface area contributed by atoms with E-state index >= 15 is 0 Å². The third-order valence-electron chi connectivity index (χ3n) is 1.98. The summed E-state index contributed by atoms with van der Waals surface area (Å²) in [4.78, 5) is 0. The van der Waals surface area contributed by atoms with E-state index in [9.17, 15) is 0 Å². The summed E-state index contributed by atoms with van der Waals surface area (Å²) in [7, 11) is 0. The first-order chi connectivity index (χ1) is 6.18. The standard InChI is InChI=1S/C11H18N2/c1-9-3-5-11(6-4-9)13-8-7-10(2)12/h3-6,10,13H,7-8,12H2,1-2H3. The molecule has 0 heterocycles. The van der Waals surface area contributed by atoms with E-state index in [0.717, 1.165) is 13.0 Å². The monoisotopic (exact) mass is 178 g/mol. The number of anilines is 1. The Balaban J connectivity index is 2.33. The van der Waals surface area contributed by atoms with Gasteiger partial charge in [-0.25, -0.2) is 0 Å². The van der Waals surface area contributed by atoms with E-state index in [1.165, 1.54) is 11.3 Å². The van der Waals surface area contributed by atoms with Crippen molar-refractivity contribution in [3.63, 3.8) is 0 Å². The van der Waals surface area contributed by atoms with E-state index in [1.54, 1.807) is 0 Å². The van der Waals surface area contributed by atoms with Crippen LogP contribution in [0.15, 0.2) is 24.3 Å². The molecule has 1 aromatic carbocycles. The molecule has 0 aliphatic heterocycles. The number of nitrogens with two attached hydrogens (primary N) is 1. The van der Waals surface area contributed by atoms with Crippen molar-refractivity contribution in [1.82, 2.24) is 0 Å². The quantitative estimate of drug-likeness (QED) is 0.741. The second-order valence-corrected chi connectivity index (χ2v) is 3.56. The Kier molecular flexibility index (Phi) is 3.77. The number of benzene rings is 1. The molecular formula is C11H18N2. The van der Waals surface area contributed by atoms with E-state index < -0.39 is 0 Å². The zero-order valence-electron chi connectivity index (χ0n) is 8.38. The molecule has 0 saturated carbocycles. The highest BCUT2D eigenvalue weighted by Crippen LogP contribution is 2.08. The lowest BCUT2D eigenvalue weighted by atomic mass is 10.2. The van der Waals surface area contributed by atoms with Gasteiger partial charge in [0, 0.05) is 18.3 Å². The molecule has 1 unspecified atom stereocenters. The third kappa shape index (κ3) is 3.95. The van der Waals surface area contributed by atoms with Crippen LogP contribution < -0.4 is 11.1 Å². The van der Waals surface area contributed by atoms with Crippen LogP contribution in [0.3, 0.4) is 0 Å². The highest BCUT2D eigenvalue weighted by Gasteiger charge is 1.94. The summed E-state index contributed by atoms with van der Waals surface area (Å²) in [5.41, 5.74) is 8.10. The molecule has 0 saturated heterocycles. The normalized spacial score (nSPS) is 12.5. The minimum absolute atomic E-state index is 0.276. The lowest BCUT2D eigenvalue weighted by molar-refractivity contribution is 0.690. The van der Waals surface area contributed by atoms with Gasteiger partial charge in [-0.3, -0.25) is 0 Å². The number of nitrogens with one attached hydrogen (secondary N) is 1. The number of aryl methyl sites for hydroxylation is 1. The van der Waals surface area contributed by atoms with Gasteiger partial charge in [0.15, 0.2) is 0 Å². The lowest BCUT2D eigenvalue weighted by Gasteiger charge is -2.08. The van der Waals surface area contributed by atoms with Crippen LogP contribution in [0.5, 0.6) is 0 Å². The van der Waals surface area contributed by atoms with Crippen molar-refractivity contribution in [3.05, 3.63) is 29.8 Å². The van der Waals surface area contributed by atoms with E-state index in [-0.39, 0.29) is 6.04 Å². The van der Waals surface area contributed by atoms with Crippen LogP contribution in [-0.4, -0.2) is 12.6 Å². The first-order valence-electron chi connectivity index (χ1n) is 4.74. The molecule has 0 fully saturated rings. The van der Waals surface area contributed by atoms with Crippen LogP contribution in [0, 0.1) is 6.92 Å². The Morgan fingerprint density at radius 3 is 2.46 bits per heavy atom. The van der Waals surface area contributed by atoms with Crippen LogP contribution in [0.25, 0.3) is 0 Å². The summed E-state index contributed by atoms with van der Waals surface area (Å²) in [6.45, 7) is 5.06. The fourth-order valence-corrected chi connectivity index (χ4v) is 1.12. The van der Waals surface area contributed by atoms with Crippen molar-refractivity contribution in [2.45, 2.75) is 26.3 Å². The maximum Gasteiger partial charge on any atom is 0.0340 e. The SMILES string of the molecule is Cc1ccc(NCCC(C)N)cc1. The second kappa shape index (κ2) is 4.87. The maximum absolute atomic E-state index is 5.64. The zero-order chi connectivity index (χ0) is 9.68. The van der Waals surface area contributed by atoms with Crippen molar-refractivity contribution < 1.29 is 0 Å². The van der Waals surface area contributed by atoms with Crippen LogP contribution in [0.1, 0.15) is 18.9 Å². The van der Waals surface area contributed by atoms with E-state index in [2.05, 4.69) is 36.5 Å². The van der Waals surface area contributed by atoms with Crippen molar-refractivity contribution in [2.75, 3.05) is 11.9 Å². The Bertz CT molecular complexity index is 239. The molecule has 2 nitrogen and oxygen atoms in total. The summed E-state index contributed by atoms with van der Waals surface area (Å²) in [6, 6.07) is 8.67. The summed E-state index contributed by atoms with van der Waals surface area (Å²) in [5, 5.41) is 3.32. The van der Waals surface area contributed by atoms with Gasteiger partial charge in [-0.1, -0.05) is 17.7 Å². The van der Waals surface area contributed by atoms with Crippen LogP contribution in [0.2, 0.25) is 0 Å². The highest BCUT2D eigenvalue weighted by atomic mass is 14.9. The van der Waals surface area contributed by atoms with Gasteiger partial charge in [0.25, 0.3) is 0 Å². The molecular weight excluding hydrogens is 160 g/mol. The summed E-state index contributed by atoms with van der Waals surface area (Å²) >= 11 is 0. The molecule has 13 heavy (non-hydrogen) atoms. The van der Waals surface area contributed by atoms with Crippen LogP contribution in [-0.2, 0) is 0 Å². The fraction of sp³-hybridized carbons (Fsp3) is 0.455. The second-order valence-electron chi connectivity index (χ2n) is 3.56. The van der Waals surface area contributed by atoms with Gasteiger partial charge in [-0.15, -0.1) is 0 Å². The molecule has 0 spiro atoms.